The Morgan fingerprint density at radius 2 is 1.61 bits per heavy atom. The van der Waals surface area contributed by atoms with Crippen molar-refractivity contribution >= 4 is 23.0 Å². The van der Waals surface area contributed by atoms with Crippen molar-refractivity contribution in [3.8, 4) is 0 Å². The number of nitrogens with two attached hydrogens (primary N) is 1. The van der Waals surface area contributed by atoms with Crippen molar-refractivity contribution in [2.75, 3.05) is 41.7 Å². The van der Waals surface area contributed by atoms with E-state index in [9.17, 15) is 0 Å². The van der Waals surface area contributed by atoms with Gasteiger partial charge in [0.2, 0.25) is 5.95 Å². The van der Waals surface area contributed by atoms with E-state index in [2.05, 4.69) is 56.3 Å². The highest BCUT2D eigenvalue weighted by Crippen LogP contribution is 2.22. The summed E-state index contributed by atoms with van der Waals surface area (Å²) in [6.45, 7) is 6.06. The molecule has 118 valence electrons. The smallest absolute Gasteiger partial charge is 0.240 e. The highest BCUT2D eigenvalue weighted by Gasteiger charge is 2.18. The van der Waals surface area contributed by atoms with Crippen molar-refractivity contribution in [2.45, 2.75) is 6.92 Å². The lowest BCUT2D eigenvalue weighted by molar-refractivity contribution is 0.651. The van der Waals surface area contributed by atoms with Crippen LogP contribution in [0.1, 0.15) is 5.56 Å². The van der Waals surface area contributed by atoms with E-state index in [1.165, 1.54) is 11.4 Å². The third kappa shape index (κ3) is 2.56. The zero-order valence-electron chi connectivity index (χ0n) is 13.2. The molecule has 4 rings (SSSR count). The summed E-state index contributed by atoms with van der Waals surface area (Å²) in [5, 5.41) is 4.24. The predicted octanol–water partition coefficient (Wildman–Crippen LogP) is 1.95. The Kier molecular flexibility index (Phi) is 3.29. The fourth-order valence-corrected chi connectivity index (χ4v) is 3.18. The number of anilines is 3. The van der Waals surface area contributed by atoms with Crippen molar-refractivity contribution < 1.29 is 0 Å². The molecule has 6 nitrogen and oxygen atoms in total. The van der Waals surface area contributed by atoms with Gasteiger partial charge in [-0.05, 0) is 30.7 Å². The van der Waals surface area contributed by atoms with Crippen molar-refractivity contribution in [1.29, 1.82) is 0 Å². The minimum absolute atomic E-state index is 0.319. The quantitative estimate of drug-likeness (QED) is 0.784. The van der Waals surface area contributed by atoms with Gasteiger partial charge >= 0.3 is 0 Å². The summed E-state index contributed by atoms with van der Waals surface area (Å²) < 4.78 is 1.78. The molecule has 1 aromatic carbocycles. The van der Waals surface area contributed by atoms with Gasteiger partial charge in [-0.1, -0.05) is 18.2 Å². The van der Waals surface area contributed by atoms with Crippen molar-refractivity contribution in [3.63, 3.8) is 0 Å². The van der Waals surface area contributed by atoms with Crippen molar-refractivity contribution in [1.82, 2.24) is 14.6 Å². The molecule has 2 aromatic heterocycles. The third-order valence-corrected chi connectivity index (χ3v) is 4.39. The van der Waals surface area contributed by atoms with E-state index in [0.29, 0.717) is 5.95 Å². The van der Waals surface area contributed by atoms with E-state index in [1.807, 2.05) is 13.1 Å². The molecule has 3 aromatic rings. The van der Waals surface area contributed by atoms with Crippen LogP contribution in [0.5, 0.6) is 0 Å². The Morgan fingerprint density at radius 1 is 0.957 bits per heavy atom. The van der Waals surface area contributed by atoms with Gasteiger partial charge in [0.15, 0.2) is 5.65 Å². The molecule has 0 bridgehead atoms. The van der Waals surface area contributed by atoms with Crippen LogP contribution in [0.15, 0.2) is 42.6 Å². The van der Waals surface area contributed by atoms with Crippen LogP contribution in [0.25, 0.3) is 5.65 Å². The van der Waals surface area contributed by atoms with Gasteiger partial charge in [-0.25, -0.2) is 4.52 Å². The summed E-state index contributed by atoms with van der Waals surface area (Å²) in [4.78, 5) is 9.07. The molecule has 0 aliphatic carbocycles. The molecule has 23 heavy (non-hydrogen) atoms. The average Bonchev–Trinajstić information content (AvgIpc) is 2.97. The van der Waals surface area contributed by atoms with Gasteiger partial charge in [-0.3, -0.25) is 0 Å². The minimum atomic E-state index is 0.319. The fraction of sp³-hybridized carbons (Fsp3) is 0.294. The maximum Gasteiger partial charge on any atom is 0.240 e. The third-order valence-electron chi connectivity index (χ3n) is 4.39. The van der Waals surface area contributed by atoms with Gasteiger partial charge in [0, 0.05) is 31.9 Å². The molecule has 0 unspecified atom stereocenters. The molecule has 0 atom stereocenters. The number of aryl methyl sites for hydroxylation is 1. The summed E-state index contributed by atoms with van der Waals surface area (Å²) in [6, 6.07) is 12.7. The Hall–Kier alpha value is -2.76. The minimum Gasteiger partial charge on any atom is -0.368 e. The lowest BCUT2D eigenvalue weighted by atomic mass is 10.2. The zero-order chi connectivity index (χ0) is 15.8. The van der Waals surface area contributed by atoms with Gasteiger partial charge in [-0.2, -0.15) is 4.98 Å². The molecular weight excluding hydrogens is 288 g/mol. The number of fused-ring (bicyclic) bond motifs is 1. The number of rotatable bonds is 2. The molecule has 1 saturated heterocycles. The van der Waals surface area contributed by atoms with E-state index < -0.39 is 0 Å². The van der Waals surface area contributed by atoms with E-state index >= 15 is 0 Å². The predicted molar refractivity (Wildman–Crippen MR) is 93.0 cm³/mol. The number of piperazine rings is 1. The molecule has 2 N–H and O–H groups in total. The van der Waals surface area contributed by atoms with Crippen molar-refractivity contribution in [3.05, 3.63) is 48.2 Å². The number of hydrogen-bond acceptors (Lipinski definition) is 5. The Balaban J connectivity index is 1.54. The number of para-hydroxylation sites is 1. The fourth-order valence-electron chi connectivity index (χ4n) is 3.18. The maximum atomic E-state index is 5.71. The molecule has 1 aliphatic rings. The topological polar surface area (TPSA) is 62.7 Å². The second kappa shape index (κ2) is 5.46. The molecule has 0 radical (unpaired) electrons. The monoisotopic (exact) mass is 308 g/mol. The SMILES string of the molecule is Cc1cc(N2CCN(c3ccccc3)CC2)cn2nc(N)nc12. The average molecular weight is 308 g/mol. The highest BCUT2D eigenvalue weighted by atomic mass is 15.3. The van der Waals surface area contributed by atoms with E-state index in [0.717, 1.165) is 37.4 Å². The summed E-state index contributed by atoms with van der Waals surface area (Å²) >= 11 is 0. The number of pyridine rings is 1. The first-order chi connectivity index (χ1) is 11.2. The molecular formula is C17H20N6. The standard InChI is InChI=1S/C17H20N6/c1-13-11-15(12-23-16(13)19-17(18)20-23)22-9-7-21(8-10-22)14-5-3-2-4-6-14/h2-6,11-12H,7-10H2,1H3,(H2,18,20). The molecule has 0 spiro atoms. The molecule has 3 heterocycles. The van der Waals surface area contributed by atoms with Gasteiger partial charge < -0.3 is 15.5 Å². The van der Waals surface area contributed by atoms with Gasteiger partial charge in [0.25, 0.3) is 0 Å². The molecule has 6 heteroatoms. The first kappa shape index (κ1) is 13.9. The van der Waals surface area contributed by atoms with E-state index in [1.54, 1.807) is 4.52 Å². The molecule has 1 fully saturated rings. The van der Waals surface area contributed by atoms with Crippen LogP contribution < -0.4 is 15.5 Å². The van der Waals surface area contributed by atoms with E-state index in [4.69, 9.17) is 5.73 Å². The Morgan fingerprint density at radius 3 is 2.30 bits per heavy atom. The second-order valence-electron chi connectivity index (χ2n) is 5.93. The maximum absolute atomic E-state index is 5.71. The van der Waals surface area contributed by atoms with Gasteiger partial charge in [-0.15, -0.1) is 5.10 Å². The van der Waals surface area contributed by atoms with Crippen LogP contribution in [-0.2, 0) is 0 Å². The number of aromatic nitrogens is 3. The van der Waals surface area contributed by atoms with Crippen LogP contribution in [0.4, 0.5) is 17.3 Å². The highest BCUT2D eigenvalue weighted by molar-refractivity contribution is 5.59. The first-order valence-electron chi connectivity index (χ1n) is 7.88. The van der Waals surface area contributed by atoms with Crippen LogP contribution in [-0.4, -0.2) is 40.8 Å². The Labute approximate surface area is 135 Å². The van der Waals surface area contributed by atoms with Gasteiger partial charge in [0.05, 0.1) is 11.9 Å². The van der Waals surface area contributed by atoms with E-state index in [-0.39, 0.29) is 0 Å². The summed E-state index contributed by atoms with van der Waals surface area (Å²) in [5.74, 6) is 0.319. The van der Waals surface area contributed by atoms with Gasteiger partial charge in [0.1, 0.15) is 0 Å². The van der Waals surface area contributed by atoms with Crippen molar-refractivity contribution in [2.24, 2.45) is 0 Å². The number of benzene rings is 1. The Bertz CT molecular complexity index is 818. The van der Waals surface area contributed by atoms with Crippen LogP contribution in [0.3, 0.4) is 0 Å². The zero-order valence-corrected chi connectivity index (χ0v) is 13.2. The number of nitrogens with zero attached hydrogens (tertiary/aromatic N) is 5. The van der Waals surface area contributed by atoms with Crippen LogP contribution >= 0.6 is 0 Å². The first-order valence-corrected chi connectivity index (χ1v) is 7.88. The second-order valence-corrected chi connectivity index (χ2v) is 5.93. The summed E-state index contributed by atoms with van der Waals surface area (Å²) in [6.07, 6.45) is 2.02. The van der Waals surface area contributed by atoms with Crippen LogP contribution in [0, 0.1) is 6.92 Å². The molecule has 0 saturated carbocycles. The lowest BCUT2D eigenvalue weighted by Gasteiger charge is -2.37. The number of hydrogen-bond donors (Lipinski definition) is 1. The summed E-state index contributed by atoms with van der Waals surface area (Å²) in [7, 11) is 0. The molecule has 1 aliphatic heterocycles. The van der Waals surface area contributed by atoms with Crippen LogP contribution in [0.2, 0.25) is 0 Å². The number of nitrogen functional groups attached to an aromatic ring is 1. The lowest BCUT2D eigenvalue weighted by Crippen LogP contribution is -2.46. The normalized spacial score (nSPS) is 15.3. The molecule has 0 amide bonds. The largest absolute Gasteiger partial charge is 0.368 e. The summed E-state index contributed by atoms with van der Waals surface area (Å²) in [5.41, 5.74) is 10.1.